The molecule has 3 rings (SSSR count). The van der Waals surface area contributed by atoms with Crippen LogP contribution in [-0.4, -0.2) is 49.4 Å². The van der Waals surface area contributed by atoms with Crippen molar-refractivity contribution in [2.24, 2.45) is 0 Å². The maximum absolute atomic E-state index is 5.39. The minimum atomic E-state index is 0.856. The third kappa shape index (κ3) is 2.67. The van der Waals surface area contributed by atoms with E-state index >= 15 is 0 Å². The lowest BCUT2D eigenvalue weighted by molar-refractivity contribution is 0.0365. The largest absolute Gasteiger partial charge is 0.497 e. The average molecular weight is 273 g/mol. The first-order valence-corrected chi connectivity index (χ1v) is 7.14. The van der Waals surface area contributed by atoms with E-state index < -0.39 is 0 Å². The van der Waals surface area contributed by atoms with Gasteiger partial charge in [-0.05, 0) is 25.1 Å². The third-order valence-corrected chi connectivity index (χ3v) is 3.96. The average Bonchev–Trinajstić information content (AvgIpc) is 2.80. The summed E-state index contributed by atoms with van der Waals surface area (Å²) in [6.07, 6.45) is 0. The minimum Gasteiger partial charge on any atom is -0.497 e. The van der Waals surface area contributed by atoms with Crippen molar-refractivity contribution >= 4 is 10.9 Å². The predicted molar refractivity (Wildman–Crippen MR) is 79.3 cm³/mol. The van der Waals surface area contributed by atoms with E-state index in [0.717, 1.165) is 50.5 Å². The summed E-state index contributed by atoms with van der Waals surface area (Å²) >= 11 is 0. The molecule has 0 aliphatic carbocycles. The summed E-state index contributed by atoms with van der Waals surface area (Å²) in [4.78, 5) is 2.46. The summed E-state index contributed by atoms with van der Waals surface area (Å²) in [7, 11) is 1.70. The molecule has 0 spiro atoms. The first-order chi connectivity index (χ1) is 9.78. The molecule has 1 radical (unpaired) electrons. The Morgan fingerprint density at radius 1 is 1.25 bits per heavy atom. The number of morpholine rings is 1. The minimum absolute atomic E-state index is 0.856. The standard InChI is InChI=1S/C16H21N2O2/c1-13-11-14-12-15(19-2)3-4-16(14)18(13)6-5-17-7-9-20-10-8-17/h3-4,12H,5-10H2,1-2H3. The van der Waals surface area contributed by atoms with Crippen LogP contribution >= 0.6 is 0 Å². The fraction of sp³-hybridized carbons (Fsp3) is 0.500. The molecule has 4 heteroatoms. The van der Waals surface area contributed by atoms with Gasteiger partial charge in [0.2, 0.25) is 0 Å². The molecule has 4 nitrogen and oxygen atoms in total. The molecule has 1 aliphatic heterocycles. The molecule has 1 aromatic carbocycles. The monoisotopic (exact) mass is 273 g/mol. The number of ether oxygens (including phenoxy) is 2. The number of benzene rings is 1. The van der Waals surface area contributed by atoms with Crippen molar-refractivity contribution in [1.82, 2.24) is 9.47 Å². The summed E-state index contributed by atoms with van der Waals surface area (Å²) < 4.78 is 13.0. The quantitative estimate of drug-likeness (QED) is 0.853. The molecule has 0 N–H and O–H groups in total. The van der Waals surface area contributed by atoms with E-state index in [1.807, 2.05) is 12.1 Å². The van der Waals surface area contributed by atoms with Crippen molar-refractivity contribution in [3.63, 3.8) is 0 Å². The summed E-state index contributed by atoms with van der Waals surface area (Å²) in [6.45, 7) is 7.97. The summed E-state index contributed by atoms with van der Waals surface area (Å²) in [5.41, 5.74) is 2.41. The molecule has 2 aromatic rings. The van der Waals surface area contributed by atoms with Gasteiger partial charge in [0.05, 0.1) is 20.3 Å². The molecule has 0 atom stereocenters. The Kier molecular flexibility index (Phi) is 3.94. The molecule has 107 valence electrons. The van der Waals surface area contributed by atoms with Gasteiger partial charge in [0, 0.05) is 48.8 Å². The maximum atomic E-state index is 5.39. The Balaban J connectivity index is 1.78. The highest BCUT2D eigenvalue weighted by Gasteiger charge is 2.12. The predicted octanol–water partition coefficient (Wildman–Crippen LogP) is 2.09. The van der Waals surface area contributed by atoms with Crippen LogP contribution in [0.5, 0.6) is 5.75 Å². The van der Waals surface area contributed by atoms with E-state index in [9.17, 15) is 0 Å². The van der Waals surface area contributed by atoms with Crippen LogP contribution in [0.2, 0.25) is 0 Å². The number of nitrogens with zero attached hydrogens (tertiary/aromatic N) is 2. The normalized spacial score (nSPS) is 16.7. The van der Waals surface area contributed by atoms with Gasteiger partial charge >= 0.3 is 0 Å². The second-order valence-electron chi connectivity index (χ2n) is 5.20. The molecule has 0 amide bonds. The fourth-order valence-electron chi connectivity index (χ4n) is 2.78. The first-order valence-electron chi connectivity index (χ1n) is 7.14. The van der Waals surface area contributed by atoms with Crippen LogP contribution < -0.4 is 4.74 Å². The van der Waals surface area contributed by atoms with Gasteiger partial charge < -0.3 is 14.0 Å². The van der Waals surface area contributed by atoms with Crippen molar-refractivity contribution in [2.45, 2.75) is 13.5 Å². The van der Waals surface area contributed by atoms with Crippen molar-refractivity contribution in [2.75, 3.05) is 40.0 Å². The molecule has 1 saturated heterocycles. The Hall–Kier alpha value is -1.52. The molecule has 0 unspecified atom stereocenters. The van der Waals surface area contributed by atoms with Crippen LogP contribution in [0.15, 0.2) is 18.2 Å². The Morgan fingerprint density at radius 2 is 2.05 bits per heavy atom. The zero-order valence-electron chi connectivity index (χ0n) is 12.2. The maximum Gasteiger partial charge on any atom is 0.119 e. The van der Waals surface area contributed by atoms with E-state index in [4.69, 9.17) is 9.47 Å². The third-order valence-electron chi connectivity index (χ3n) is 3.96. The second kappa shape index (κ2) is 5.85. The number of fused-ring (bicyclic) bond motifs is 1. The Morgan fingerprint density at radius 3 is 2.80 bits per heavy atom. The Labute approximate surface area is 119 Å². The van der Waals surface area contributed by atoms with E-state index in [1.165, 1.54) is 11.2 Å². The van der Waals surface area contributed by atoms with Gasteiger partial charge in [0.1, 0.15) is 5.75 Å². The fourth-order valence-corrected chi connectivity index (χ4v) is 2.78. The van der Waals surface area contributed by atoms with E-state index in [1.54, 1.807) is 7.11 Å². The van der Waals surface area contributed by atoms with Crippen molar-refractivity contribution in [1.29, 1.82) is 0 Å². The number of rotatable bonds is 4. The highest BCUT2D eigenvalue weighted by Crippen LogP contribution is 2.23. The Bertz CT molecular complexity index is 585. The van der Waals surface area contributed by atoms with Crippen LogP contribution in [0.25, 0.3) is 10.9 Å². The van der Waals surface area contributed by atoms with Crippen LogP contribution in [0, 0.1) is 13.0 Å². The van der Waals surface area contributed by atoms with Crippen molar-refractivity contribution in [3.05, 3.63) is 30.0 Å². The highest BCUT2D eigenvalue weighted by atomic mass is 16.5. The molecule has 1 aliphatic rings. The van der Waals surface area contributed by atoms with Crippen molar-refractivity contribution in [3.8, 4) is 5.75 Å². The summed E-state index contributed by atoms with van der Waals surface area (Å²) in [5.74, 6) is 0.888. The van der Waals surface area contributed by atoms with Gasteiger partial charge in [-0.15, -0.1) is 0 Å². The molecule has 1 aromatic heterocycles. The SMILES string of the molecule is COc1ccc2c([c]c(C)n2CCN2CCOCC2)c1. The van der Waals surface area contributed by atoms with Crippen molar-refractivity contribution < 1.29 is 9.47 Å². The van der Waals surface area contributed by atoms with Gasteiger partial charge in [-0.25, -0.2) is 0 Å². The smallest absolute Gasteiger partial charge is 0.119 e. The molecule has 0 bridgehead atoms. The summed E-state index contributed by atoms with van der Waals surface area (Å²) in [5, 5.41) is 1.13. The highest BCUT2D eigenvalue weighted by molar-refractivity contribution is 5.82. The summed E-state index contributed by atoms with van der Waals surface area (Å²) in [6, 6.07) is 9.62. The zero-order chi connectivity index (χ0) is 13.9. The van der Waals surface area contributed by atoms with Crippen LogP contribution in [-0.2, 0) is 11.3 Å². The lowest BCUT2D eigenvalue weighted by atomic mass is 10.2. The molecule has 2 heterocycles. The lowest BCUT2D eigenvalue weighted by Gasteiger charge is -2.27. The van der Waals surface area contributed by atoms with Gasteiger partial charge in [-0.2, -0.15) is 0 Å². The molecule has 0 saturated carbocycles. The van der Waals surface area contributed by atoms with Gasteiger partial charge in [0.25, 0.3) is 0 Å². The van der Waals surface area contributed by atoms with E-state index in [2.05, 4.69) is 28.5 Å². The first kappa shape index (κ1) is 13.5. The van der Waals surface area contributed by atoms with Gasteiger partial charge in [0.15, 0.2) is 0 Å². The number of hydrogen-bond donors (Lipinski definition) is 0. The number of hydrogen-bond acceptors (Lipinski definition) is 3. The van der Waals surface area contributed by atoms with E-state index in [-0.39, 0.29) is 0 Å². The van der Waals surface area contributed by atoms with Crippen LogP contribution in [0.1, 0.15) is 5.69 Å². The number of aryl methyl sites for hydroxylation is 1. The zero-order valence-corrected chi connectivity index (χ0v) is 12.2. The number of methoxy groups -OCH3 is 1. The molecular weight excluding hydrogens is 252 g/mol. The molecule has 20 heavy (non-hydrogen) atoms. The topological polar surface area (TPSA) is 26.6 Å². The lowest BCUT2D eigenvalue weighted by Crippen LogP contribution is -2.38. The second-order valence-corrected chi connectivity index (χ2v) is 5.20. The molecular formula is C16H21N2O2. The van der Waals surface area contributed by atoms with E-state index in [0.29, 0.717) is 0 Å². The van der Waals surface area contributed by atoms with Crippen LogP contribution in [0.4, 0.5) is 0 Å². The van der Waals surface area contributed by atoms with Gasteiger partial charge in [-0.1, -0.05) is 0 Å². The molecule has 1 fully saturated rings. The van der Waals surface area contributed by atoms with Crippen LogP contribution in [0.3, 0.4) is 0 Å². The number of aromatic nitrogens is 1. The van der Waals surface area contributed by atoms with Gasteiger partial charge in [-0.3, -0.25) is 4.90 Å².